The topological polar surface area (TPSA) is 125 Å². The Labute approximate surface area is 241 Å². The Bertz CT molecular complexity index is 1840. The fourth-order valence-corrected chi connectivity index (χ4v) is 5.73. The predicted octanol–water partition coefficient (Wildman–Crippen LogP) is 6.55. The van der Waals surface area contributed by atoms with Crippen LogP contribution in [-0.2, 0) is 4.79 Å². The second-order valence-electron chi connectivity index (χ2n) is 11.2. The number of aromatic nitrogens is 4. The maximum atomic E-state index is 12.5. The second-order valence-corrected chi connectivity index (χ2v) is 12.3. The molecule has 0 fully saturated rings. The third-order valence-electron chi connectivity index (χ3n) is 6.66. The average molecular weight is 564 g/mol. The van der Waals surface area contributed by atoms with Gasteiger partial charge < -0.3 is 15.6 Å². The van der Waals surface area contributed by atoms with Crippen molar-refractivity contribution in [3.05, 3.63) is 77.5 Å². The molecule has 41 heavy (non-hydrogen) atoms. The Morgan fingerprint density at radius 1 is 0.976 bits per heavy atom. The van der Waals surface area contributed by atoms with Gasteiger partial charge in [0.2, 0.25) is 5.91 Å². The first kappa shape index (κ1) is 26.5. The second kappa shape index (κ2) is 10.4. The minimum atomic E-state index is -0.106. The average Bonchev–Trinajstić information content (AvgIpc) is 3.59. The van der Waals surface area contributed by atoms with E-state index in [1.54, 1.807) is 31.7 Å². The summed E-state index contributed by atoms with van der Waals surface area (Å²) in [6.07, 6.45) is 7.38. The van der Waals surface area contributed by atoms with Gasteiger partial charge in [0, 0.05) is 46.1 Å². The molecule has 4 aromatic heterocycles. The quantitative estimate of drug-likeness (QED) is 0.201. The normalized spacial score (nSPS) is 12.9. The van der Waals surface area contributed by atoms with E-state index in [1.807, 2.05) is 51.1 Å². The van der Waals surface area contributed by atoms with Crippen LogP contribution < -0.4 is 10.6 Å². The van der Waals surface area contributed by atoms with Crippen LogP contribution in [0.3, 0.4) is 0 Å². The zero-order chi connectivity index (χ0) is 28.7. The molecule has 0 unspecified atom stereocenters. The summed E-state index contributed by atoms with van der Waals surface area (Å²) in [5.74, 6) is 0.631. The van der Waals surface area contributed by atoms with Crippen LogP contribution in [0.4, 0.5) is 11.4 Å². The largest absolute Gasteiger partial charge is 0.366 e. The maximum absolute atomic E-state index is 12.5. The highest BCUT2D eigenvalue weighted by Crippen LogP contribution is 2.34. The number of thiophene rings is 1. The van der Waals surface area contributed by atoms with Crippen molar-refractivity contribution in [2.24, 2.45) is 10.4 Å². The molecule has 0 aliphatic carbocycles. The number of carbonyl (C=O) groups is 2. The van der Waals surface area contributed by atoms with Crippen molar-refractivity contribution < 1.29 is 9.59 Å². The van der Waals surface area contributed by atoms with Crippen molar-refractivity contribution in [2.75, 3.05) is 17.3 Å². The number of Topliss-reactive ketones (excluding diaryl/α,β-unsaturated/α-hetero) is 1. The standard InChI is InChI=1S/C31H29N7O2S/c1-17(39)25-7-8-26(41-25)22-14-33-15-24-28(22)38-30(37-24)29-21-10-18(5-6-23(21)34-16-35-29)19-9-20(13-32-12-19)36-27(40)11-31(2,3)4/h5-10,12-15,34H,11,16H2,1-4H3,(H,36,40)(H,37,38). The van der Waals surface area contributed by atoms with Gasteiger partial charge in [-0.3, -0.25) is 24.5 Å². The Hall–Kier alpha value is -4.70. The van der Waals surface area contributed by atoms with Crippen molar-refractivity contribution in [3.8, 4) is 21.6 Å². The van der Waals surface area contributed by atoms with Crippen LogP contribution in [0.25, 0.3) is 32.6 Å². The molecular formula is C31H29N7O2S. The predicted molar refractivity (Wildman–Crippen MR) is 164 cm³/mol. The van der Waals surface area contributed by atoms with Crippen LogP contribution in [-0.4, -0.2) is 44.0 Å². The fourth-order valence-electron chi connectivity index (χ4n) is 4.82. The lowest BCUT2D eigenvalue weighted by Crippen LogP contribution is -2.19. The van der Waals surface area contributed by atoms with E-state index < -0.39 is 0 Å². The van der Waals surface area contributed by atoms with Crippen LogP contribution in [0.5, 0.6) is 0 Å². The smallest absolute Gasteiger partial charge is 0.224 e. The van der Waals surface area contributed by atoms with Crippen LogP contribution in [0, 0.1) is 5.41 Å². The number of aliphatic imine (C=N–C) groups is 1. The molecule has 1 amide bonds. The van der Waals surface area contributed by atoms with Crippen molar-refractivity contribution in [3.63, 3.8) is 0 Å². The van der Waals surface area contributed by atoms with Gasteiger partial charge in [-0.1, -0.05) is 26.8 Å². The number of nitrogens with one attached hydrogen (secondary N) is 3. The molecule has 206 valence electrons. The van der Waals surface area contributed by atoms with Crippen LogP contribution in [0.15, 0.2) is 66.2 Å². The Kier molecular flexibility index (Phi) is 6.70. The summed E-state index contributed by atoms with van der Waals surface area (Å²) < 4.78 is 0. The van der Waals surface area contributed by atoms with Gasteiger partial charge in [-0.2, -0.15) is 0 Å². The molecule has 5 heterocycles. The van der Waals surface area contributed by atoms with E-state index in [2.05, 4.69) is 31.7 Å². The molecule has 1 aliphatic heterocycles. The van der Waals surface area contributed by atoms with Gasteiger partial charge in [-0.05, 0) is 48.2 Å². The summed E-state index contributed by atoms with van der Waals surface area (Å²) in [7, 11) is 0. The number of hydrogen-bond acceptors (Lipinski definition) is 8. The molecule has 0 atom stereocenters. The van der Waals surface area contributed by atoms with Gasteiger partial charge in [-0.15, -0.1) is 11.3 Å². The van der Waals surface area contributed by atoms with Crippen LogP contribution in [0.1, 0.15) is 55.2 Å². The fraction of sp³-hybridized carbons (Fsp3) is 0.226. The number of amides is 1. The van der Waals surface area contributed by atoms with Gasteiger partial charge in [0.05, 0.1) is 28.5 Å². The van der Waals surface area contributed by atoms with Crippen molar-refractivity contribution in [2.45, 2.75) is 34.1 Å². The van der Waals surface area contributed by atoms with Gasteiger partial charge in [0.15, 0.2) is 11.6 Å². The number of rotatable bonds is 6. The number of nitrogens with zero attached hydrogens (tertiary/aromatic N) is 4. The van der Waals surface area contributed by atoms with E-state index in [0.717, 1.165) is 49.6 Å². The molecular weight excluding hydrogens is 534 g/mol. The summed E-state index contributed by atoms with van der Waals surface area (Å²) >= 11 is 1.43. The van der Waals surface area contributed by atoms with Gasteiger partial charge in [0.25, 0.3) is 0 Å². The van der Waals surface area contributed by atoms with E-state index in [0.29, 0.717) is 29.5 Å². The van der Waals surface area contributed by atoms with E-state index in [1.165, 1.54) is 11.3 Å². The van der Waals surface area contributed by atoms with Crippen molar-refractivity contribution in [1.82, 2.24) is 19.9 Å². The summed E-state index contributed by atoms with van der Waals surface area (Å²) in [6.45, 7) is 8.10. The van der Waals surface area contributed by atoms with Gasteiger partial charge in [-0.25, -0.2) is 4.98 Å². The number of benzene rings is 1. The van der Waals surface area contributed by atoms with Crippen molar-refractivity contribution >= 4 is 51.1 Å². The third kappa shape index (κ3) is 5.51. The summed E-state index contributed by atoms with van der Waals surface area (Å²) in [5, 5.41) is 6.31. The number of fused-ring (bicyclic) bond motifs is 2. The molecule has 0 bridgehead atoms. The highest BCUT2D eigenvalue weighted by atomic mass is 32.1. The van der Waals surface area contributed by atoms with E-state index >= 15 is 0 Å². The highest BCUT2D eigenvalue weighted by molar-refractivity contribution is 7.17. The van der Waals surface area contributed by atoms with Gasteiger partial charge in [0.1, 0.15) is 17.9 Å². The molecule has 0 saturated carbocycles. The zero-order valence-electron chi connectivity index (χ0n) is 23.2. The minimum Gasteiger partial charge on any atom is -0.366 e. The first-order valence-corrected chi connectivity index (χ1v) is 14.1. The highest BCUT2D eigenvalue weighted by Gasteiger charge is 2.22. The number of anilines is 2. The maximum Gasteiger partial charge on any atom is 0.224 e. The van der Waals surface area contributed by atoms with E-state index in [-0.39, 0.29) is 17.1 Å². The minimum absolute atomic E-state index is 0.0357. The molecule has 1 aliphatic rings. The Morgan fingerprint density at radius 3 is 2.59 bits per heavy atom. The lowest BCUT2D eigenvalue weighted by atomic mass is 9.92. The Morgan fingerprint density at radius 2 is 1.80 bits per heavy atom. The van der Waals surface area contributed by atoms with Crippen LogP contribution in [0.2, 0.25) is 0 Å². The summed E-state index contributed by atoms with van der Waals surface area (Å²) in [4.78, 5) is 47.9. The Balaban J connectivity index is 1.34. The van der Waals surface area contributed by atoms with E-state index in [9.17, 15) is 9.59 Å². The number of imidazole rings is 1. The molecule has 5 aromatic rings. The monoisotopic (exact) mass is 563 g/mol. The molecule has 1 aromatic carbocycles. The number of hydrogen-bond donors (Lipinski definition) is 3. The lowest BCUT2D eigenvalue weighted by molar-refractivity contribution is -0.117. The molecule has 0 radical (unpaired) electrons. The number of pyridine rings is 2. The first-order valence-electron chi connectivity index (χ1n) is 13.3. The lowest BCUT2D eigenvalue weighted by Gasteiger charge is -2.19. The molecule has 3 N–H and O–H groups in total. The number of H-pyrrole nitrogens is 1. The van der Waals surface area contributed by atoms with E-state index in [4.69, 9.17) is 9.98 Å². The first-order chi connectivity index (χ1) is 19.6. The van der Waals surface area contributed by atoms with Crippen molar-refractivity contribution in [1.29, 1.82) is 0 Å². The van der Waals surface area contributed by atoms with Gasteiger partial charge >= 0.3 is 0 Å². The SMILES string of the molecule is CC(=O)c1ccc(-c2cncc3[nH]c(C4=NCNc5ccc(-c6cncc(NC(=O)CC(C)(C)C)c6)cc54)nc23)s1. The molecule has 0 saturated heterocycles. The molecule has 0 spiro atoms. The molecule has 6 rings (SSSR count). The molecule has 9 nitrogen and oxygen atoms in total. The number of aromatic amines is 1. The molecule has 10 heteroatoms. The summed E-state index contributed by atoms with van der Waals surface area (Å²) in [6, 6.07) is 11.8. The zero-order valence-corrected chi connectivity index (χ0v) is 24.0. The summed E-state index contributed by atoms with van der Waals surface area (Å²) in [5.41, 5.74) is 7.37. The number of carbonyl (C=O) groups excluding carboxylic acids is 2. The number of ketones is 1. The van der Waals surface area contributed by atoms with Crippen LogP contribution >= 0.6 is 11.3 Å². The third-order valence-corrected chi connectivity index (χ3v) is 7.88.